The van der Waals surface area contributed by atoms with Gasteiger partial charge in [-0.2, -0.15) is 0 Å². The maximum atomic E-state index is 5.39. The van der Waals surface area contributed by atoms with Gasteiger partial charge in [0.1, 0.15) is 0 Å². The predicted octanol–water partition coefficient (Wildman–Crippen LogP) is 3.11. The van der Waals surface area contributed by atoms with Crippen molar-refractivity contribution in [3.63, 3.8) is 0 Å². The van der Waals surface area contributed by atoms with Gasteiger partial charge >= 0.3 is 0 Å². The van der Waals surface area contributed by atoms with Gasteiger partial charge in [-0.05, 0) is 24.9 Å². The molecule has 2 nitrogen and oxygen atoms in total. The first-order valence-electron chi connectivity index (χ1n) is 4.23. The molecule has 0 rings (SSSR count). The molecule has 0 saturated heterocycles. The van der Waals surface area contributed by atoms with Gasteiger partial charge in [0.05, 0.1) is 0 Å². The van der Waals surface area contributed by atoms with Crippen LogP contribution in [0.5, 0.6) is 0 Å². The van der Waals surface area contributed by atoms with Crippen LogP contribution in [-0.4, -0.2) is 19.5 Å². The van der Waals surface area contributed by atoms with Crippen LogP contribution < -0.4 is 0 Å². The quantitative estimate of drug-likeness (QED) is 0.551. The van der Waals surface area contributed by atoms with E-state index in [0.29, 0.717) is 13.2 Å². The zero-order valence-electron chi connectivity index (χ0n) is 7.97. The van der Waals surface area contributed by atoms with Gasteiger partial charge in [-0.3, -0.25) is 0 Å². The van der Waals surface area contributed by atoms with Crippen LogP contribution >= 0.6 is 22.6 Å². The molecule has 0 bridgehead atoms. The normalized spacial score (nSPS) is 12.6. The molecule has 0 aromatic heterocycles. The Balaban J connectivity index is 3.77. The van der Waals surface area contributed by atoms with Crippen LogP contribution in [0.25, 0.3) is 0 Å². The largest absolute Gasteiger partial charge is 0.353 e. The standard InChI is InChI=1S/C9H17IO2/c1-4-11-9(12-5-2)6-8(3)7-10/h7,9H,4-6H2,1-3H3/b8-7+. The summed E-state index contributed by atoms with van der Waals surface area (Å²) in [6.45, 7) is 7.46. The lowest BCUT2D eigenvalue weighted by Crippen LogP contribution is -2.17. The Morgan fingerprint density at radius 2 is 1.83 bits per heavy atom. The molecule has 0 aliphatic carbocycles. The van der Waals surface area contributed by atoms with Gasteiger partial charge in [-0.15, -0.1) is 0 Å². The Hall–Kier alpha value is 0.390. The second-order valence-electron chi connectivity index (χ2n) is 2.50. The molecule has 3 heteroatoms. The molecule has 0 atom stereocenters. The lowest BCUT2D eigenvalue weighted by molar-refractivity contribution is -0.134. The predicted molar refractivity (Wildman–Crippen MR) is 59.4 cm³/mol. The fraction of sp³-hybridized carbons (Fsp3) is 0.778. The zero-order valence-corrected chi connectivity index (χ0v) is 10.1. The van der Waals surface area contributed by atoms with Gasteiger partial charge in [-0.1, -0.05) is 28.2 Å². The molecule has 0 fully saturated rings. The lowest BCUT2D eigenvalue weighted by atomic mass is 10.2. The highest BCUT2D eigenvalue weighted by Crippen LogP contribution is 2.11. The summed E-state index contributed by atoms with van der Waals surface area (Å²) in [5.41, 5.74) is 1.29. The Kier molecular flexibility index (Phi) is 8.27. The van der Waals surface area contributed by atoms with Crippen LogP contribution in [0.2, 0.25) is 0 Å². The summed E-state index contributed by atoms with van der Waals surface area (Å²) < 4.78 is 12.8. The minimum Gasteiger partial charge on any atom is -0.353 e. The fourth-order valence-corrected chi connectivity index (χ4v) is 1.10. The summed E-state index contributed by atoms with van der Waals surface area (Å²) in [5.74, 6) is 0. The van der Waals surface area contributed by atoms with E-state index in [4.69, 9.17) is 9.47 Å². The van der Waals surface area contributed by atoms with Gasteiger partial charge in [0, 0.05) is 19.6 Å². The molecule has 0 radical (unpaired) electrons. The van der Waals surface area contributed by atoms with E-state index in [1.54, 1.807) is 0 Å². The number of halogens is 1. The number of hydrogen-bond donors (Lipinski definition) is 0. The maximum absolute atomic E-state index is 5.39. The van der Waals surface area contributed by atoms with E-state index in [2.05, 4.69) is 33.6 Å². The van der Waals surface area contributed by atoms with E-state index < -0.39 is 0 Å². The number of hydrogen-bond acceptors (Lipinski definition) is 2. The minimum atomic E-state index is -0.0639. The molecular weight excluding hydrogens is 267 g/mol. The maximum Gasteiger partial charge on any atom is 0.161 e. The average Bonchev–Trinajstić information content (AvgIpc) is 2.05. The molecule has 0 aromatic carbocycles. The molecule has 0 saturated carbocycles. The monoisotopic (exact) mass is 284 g/mol. The first-order valence-corrected chi connectivity index (χ1v) is 5.48. The van der Waals surface area contributed by atoms with Crippen molar-refractivity contribution in [1.29, 1.82) is 0 Å². The topological polar surface area (TPSA) is 18.5 Å². The second kappa shape index (κ2) is 8.01. The summed E-state index contributed by atoms with van der Waals surface area (Å²) in [4.78, 5) is 0. The lowest BCUT2D eigenvalue weighted by Gasteiger charge is -2.16. The van der Waals surface area contributed by atoms with Crippen molar-refractivity contribution in [2.75, 3.05) is 13.2 Å². The van der Waals surface area contributed by atoms with Crippen LogP contribution in [0, 0.1) is 0 Å². The first kappa shape index (κ1) is 12.4. The summed E-state index contributed by atoms with van der Waals surface area (Å²) >= 11 is 2.23. The molecule has 0 aromatic rings. The first-order chi connectivity index (χ1) is 5.74. The molecule has 0 amide bonds. The summed E-state index contributed by atoms with van der Waals surface area (Å²) in [7, 11) is 0. The van der Waals surface area contributed by atoms with Gasteiger partial charge in [0.2, 0.25) is 0 Å². The molecule has 0 unspecified atom stereocenters. The number of rotatable bonds is 6. The van der Waals surface area contributed by atoms with Gasteiger partial charge < -0.3 is 9.47 Å². The molecule has 0 N–H and O–H groups in total. The fourth-order valence-electron chi connectivity index (χ4n) is 0.845. The summed E-state index contributed by atoms with van der Waals surface area (Å²) in [6.07, 6.45) is 0.802. The Bertz CT molecular complexity index is 128. The molecule has 0 heterocycles. The van der Waals surface area contributed by atoms with Crippen LogP contribution in [0.15, 0.2) is 9.66 Å². The number of ether oxygens (including phenoxy) is 2. The highest BCUT2D eigenvalue weighted by Gasteiger charge is 2.07. The van der Waals surface area contributed by atoms with Crippen molar-refractivity contribution < 1.29 is 9.47 Å². The third-order valence-electron chi connectivity index (χ3n) is 1.38. The van der Waals surface area contributed by atoms with E-state index >= 15 is 0 Å². The molecule has 12 heavy (non-hydrogen) atoms. The van der Waals surface area contributed by atoms with Gasteiger partial charge in [-0.25, -0.2) is 0 Å². The van der Waals surface area contributed by atoms with Crippen LogP contribution in [0.4, 0.5) is 0 Å². The highest BCUT2D eigenvalue weighted by molar-refractivity contribution is 14.1. The minimum absolute atomic E-state index is 0.0639. The Morgan fingerprint density at radius 1 is 1.33 bits per heavy atom. The van der Waals surface area contributed by atoms with E-state index in [1.165, 1.54) is 5.57 Å². The smallest absolute Gasteiger partial charge is 0.161 e. The van der Waals surface area contributed by atoms with Crippen molar-refractivity contribution in [2.45, 2.75) is 33.5 Å². The van der Waals surface area contributed by atoms with E-state index in [1.807, 2.05) is 13.8 Å². The van der Waals surface area contributed by atoms with Crippen molar-refractivity contribution in [2.24, 2.45) is 0 Å². The van der Waals surface area contributed by atoms with Crippen molar-refractivity contribution in [3.8, 4) is 0 Å². The van der Waals surface area contributed by atoms with Gasteiger partial charge in [0.15, 0.2) is 6.29 Å². The second-order valence-corrected chi connectivity index (χ2v) is 3.12. The zero-order chi connectivity index (χ0) is 9.40. The van der Waals surface area contributed by atoms with Crippen molar-refractivity contribution >= 4 is 22.6 Å². The van der Waals surface area contributed by atoms with E-state index in [0.717, 1.165) is 6.42 Å². The average molecular weight is 284 g/mol. The van der Waals surface area contributed by atoms with Crippen molar-refractivity contribution in [3.05, 3.63) is 9.66 Å². The Labute approximate surface area is 88.5 Å². The van der Waals surface area contributed by atoms with E-state index in [9.17, 15) is 0 Å². The molecule has 72 valence electrons. The Morgan fingerprint density at radius 3 is 2.17 bits per heavy atom. The third-order valence-corrected chi connectivity index (χ3v) is 2.44. The van der Waals surface area contributed by atoms with E-state index in [-0.39, 0.29) is 6.29 Å². The SMILES string of the molecule is CCOC(C/C(C)=C/I)OCC. The van der Waals surface area contributed by atoms with Crippen LogP contribution in [0.1, 0.15) is 27.2 Å². The van der Waals surface area contributed by atoms with Crippen molar-refractivity contribution in [1.82, 2.24) is 0 Å². The highest BCUT2D eigenvalue weighted by atomic mass is 127. The van der Waals surface area contributed by atoms with Gasteiger partial charge in [0.25, 0.3) is 0 Å². The van der Waals surface area contributed by atoms with Crippen LogP contribution in [-0.2, 0) is 9.47 Å². The third kappa shape index (κ3) is 5.97. The summed E-state index contributed by atoms with van der Waals surface area (Å²) in [6, 6.07) is 0. The summed E-state index contributed by atoms with van der Waals surface area (Å²) in [5, 5.41) is 0. The molecular formula is C9H17IO2. The molecule has 0 aliphatic rings. The molecule has 0 spiro atoms. The molecule has 0 aliphatic heterocycles. The van der Waals surface area contributed by atoms with Crippen LogP contribution in [0.3, 0.4) is 0 Å².